The van der Waals surface area contributed by atoms with E-state index in [0.29, 0.717) is 13.1 Å². The smallest absolute Gasteiger partial charge is 0.275 e. The molecule has 0 aliphatic carbocycles. The Hall–Kier alpha value is -2.37. The quantitative estimate of drug-likeness (QED) is 0.440. The van der Waals surface area contributed by atoms with E-state index >= 15 is 0 Å². The van der Waals surface area contributed by atoms with Gasteiger partial charge in [-0.05, 0) is 11.1 Å². The number of carbonyl (C=O) groups is 1. The zero-order valence-corrected chi connectivity index (χ0v) is 11.1. The van der Waals surface area contributed by atoms with Crippen LogP contribution in [0.5, 0.6) is 0 Å². The molecule has 2 aromatic carbocycles. The van der Waals surface area contributed by atoms with Gasteiger partial charge in [-0.1, -0.05) is 60.7 Å². The van der Waals surface area contributed by atoms with Gasteiger partial charge in [0.1, 0.15) is 0 Å². The number of rotatable bonds is 5. The first-order valence-corrected chi connectivity index (χ1v) is 6.38. The second-order valence-electron chi connectivity index (χ2n) is 4.41. The third-order valence-corrected chi connectivity index (χ3v) is 2.82. The normalized spacial score (nSPS) is 10.3. The maximum atomic E-state index is 11.4. The van der Waals surface area contributed by atoms with Crippen molar-refractivity contribution in [1.29, 1.82) is 0 Å². The summed E-state index contributed by atoms with van der Waals surface area (Å²) >= 11 is 0. The molecule has 2 amide bonds. The van der Waals surface area contributed by atoms with Crippen molar-refractivity contribution in [2.45, 2.75) is 13.1 Å². The molecule has 104 valence electrons. The Balaban J connectivity index is 2.06. The number of hydrogen-bond acceptors (Lipinski definition) is 3. The molecule has 2 rings (SSSR count). The number of benzene rings is 2. The molecule has 0 saturated carbocycles. The molecule has 2 aromatic rings. The van der Waals surface area contributed by atoms with Crippen LogP contribution in [-0.4, -0.2) is 11.0 Å². The fourth-order valence-corrected chi connectivity index (χ4v) is 1.92. The fourth-order valence-electron chi connectivity index (χ4n) is 1.92. The number of amides is 2. The highest BCUT2D eigenvalue weighted by Crippen LogP contribution is 2.07. The summed E-state index contributed by atoms with van der Waals surface area (Å²) in [7, 11) is 0. The average Bonchev–Trinajstić information content (AvgIpc) is 2.49. The molecular weight excluding hydrogens is 252 g/mol. The molecule has 0 spiro atoms. The van der Waals surface area contributed by atoms with Crippen molar-refractivity contribution in [2.75, 3.05) is 0 Å². The molecule has 0 bridgehead atoms. The summed E-state index contributed by atoms with van der Waals surface area (Å²) in [6.45, 7) is 1.20. The summed E-state index contributed by atoms with van der Waals surface area (Å²) in [5, 5.41) is 1.81. The zero-order chi connectivity index (χ0) is 14.2. The van der Waals surface area contributed by atoms with Gasteiger partial charge in [-0.3, -0.25) is 10.9 Å². The molecular formula is C15H18N4O. The van der Waals surface area contributed by atoms with Gasteiger partial charge in [0.05, 0.1) is 0 Å². The summed E-state index contributed by atoms with van der Waals surface area (Å²) in [6, 6.07) is 19.4. The standard InChI is InChI=1S/C15H18N4O/c16-17-15(20)18-19(11-13-7-3-1-4-8-13)12-14-9-5-2-6-10-14/h1-10H,11-12,16H2,(H2,17,18,20). The lowest BCUT2D eigenvalue weighted by Crippen LogP contribution is -2.48. The lowest BCUT2D eigenvalue weighted by molar-refractivity contribution is 0.164. The number of urea groups is 1. The van der Waals surface area contributed by atoms with Crippen LogP contribution in [0.3, 0.4) is 0 Å². The van der Waals surface area contributed by atoms with Crippen molar-refractivity contribution in [3.8, 4) is 0 Å². The summed E-state index contributed by atoms with van der Waals surface area (Å²) in [5.74, 6) is 5.12. The van der Waals surface area contributed by atoms with Gasteiger partial charge >= 0.3 is 6.03 Å². The number of nitrogens with two attached hydrogens (primary N) is 1. The van der Waals surface area contributed by atoms with Crippen LogP contribution in [0.25, 0.3) is 0 Å². The Morgan fingerprint density at radius 1 is 0.900 bits per heavy atom. The van der Waals surface area contributed by atoms with Gasteiger partial charge in [-0.25, -0.2) is 15.6 Å². The fraction of sp³-hybridized carbons (Fsp3) is 0.133. The maximum absolute atomic E-state index is 11.4. The Labute approximate surface area is 118 Å². The van der Waals surface area contributed by atoms with Crippen LogP contribution < -0.4 is 16.7 Å². The third-order valence-electron chi connectivity index (χ3n) is 2.82. The molecule has 5 heteroatoms. The topological polar surface area (TPSA) is 70.4 Å². The number of carbonyl (C=O) groups excluding carboxylic acids is 1. The largest absolute Gasteiger partial charge is 0.343 e. The first-order valence-electron chi connectivity index (χ1n) is 6.38. The predicted octanol–water partition coefficient (Wildman–Crippen LogP) is 1.78. The van der Waals surface area contributed by atoms with E-state index in [1.165, 1.54) is 0 Å². The molecule has 0 aromatic heterocycles. The minimum atomic E-state index is -0.433. The highest BCUT2D eigenvalue weighted by atomic mass is 16.2. The van der Waals surface area contributed by atoms with E-state index < -0.39 is 6.03 Å². The van der Waals surface area contributed by atoms with E-state index in [0.717, 1.165) is 11.1 Å². The Kier molecular flexibility index (Phi) is 5.11. The van der Waals surface area contributed by atoms with Crippen molar-refractivity contribution in [3.63, 3.8) is 0 Å². The molecule has 0 aliphatic heterocycles. The van der Waals surface area contributed by atoms with E-state index in [-0.39, 0.29) is 0 Å². The van der Waals surface area contributed by atoms with Gasteiger partial charge in [0, 0.05) is 13.1 Å². The van der Waals surface area contributed by atoms with Crippen LogP contribution in [0.4, 0.5) is 4.79 Å². The first-order chi connectivity index (χ1) is 9.78. The summed E-state index contributed by atoms with van der Waals surface area (Å²) in [4.78, 5) is 11.4. The number of hydrogen-bond donors (Lipinski definition) is 3. The lowest BCUT2D eigenvalue weighted by Gasteiger charge is -2.23. The second kappa shape index (κ2) is 7.28. The molecule has 0 aliphatic rings. The molecule has 20 heavy (non-hydrogen) atoms. The lowest BCUT2D eigenvalue weighted by atomic mass is 10.2. The monoisotopic (exact) mass is 270 g/mol. The van der Waals surface area contributed by atoms with E-state index in [1.807, 2.05) is 65.7 Å². The SMILES string of the molecule is NNC(=O)NN(Cc1ccccc1)Cc1ccccc1. The van der Waals surface area contributed by atoms with Gasteiger partial charge in [0.2, 0.25) is 0 Å². The van der Waals surface area contributed by atoms with Gasteiger partial charge in [0.25, 0.3) is 0 Å². The van der Waals surface area contributed by atoms with Crippen LogP contribution in [0.2, 0.25) is 0 Å². The predicted molar refractivity (Wildman–Crippen MR) is 78.0 cm³/mol. The van der Waals surface area contributed by atoms with Gasteiger partial charge in [0.15, 0.2) is 0 Å². The second-order valence-corrected chi connectivity index (χ2v) is 4.41. The highest BCUT2D eigenvalue weighted by molar-refractivity contribution is 5.72. The van der Waals surface area contributed by atoms with Gasteiger partial charge < -0.3 is 0 Å². The number of hydrazine groups is 2. The summed E-state index contributed by atoms with van der Waals surface area (Å²) < 4.78 is 0. The van der Waals surface area contributed by atoms with Crippen LogP contribution in [0, 0.1) is 0 Å². The van der Waals surface area contributed by atoms with Crippen LogP contribution >= 0.6 is 0 Å². The minimum absolute atomic E-state index is 0.433. The maximum Gasteiger partial charge on any atom is 0.343 e. The van der Waals surface area contributed by atoms with E-state index in [1.54, 1.807) is 0 Å². The van der Waals surface area contributed by atoms with Crippen molar-refractivity contribution < 1.29 is 4.79 Å². The molecule has 0 radical (unpaired) electrons. The minimum Gasteiger partial charge on any atom is -0.275 e. The number of nitrogens with zero attached hydrogens (tertiary/aromatic N) is 1. The molecule has 5 nitrogen and oxygen atoms in total. The van der Waals surface area contributed by atoms with Crippen molar-refractivity contribution in [1.82, 2.24) is 15.9 Å². The summed E-state index contributed by atoms with van der Waals surface area (Å²) in [6.07, 6.45) is 0. The van der Waals surface area contributed by atoms with Gasteiger partial charge in [-0.2, -0.15) is 0 Å². The van der Waals surface area contributed by atoms with Crippen LogP contribution in [0.1, 0.15) is 11.1 Å². The third kappa shape index (κ3) is 4.38. The Bertz CT molecular complexity index is 489. The van der Waals surface area contributed by atoms with Crippen molar-refractivity contribution >= 4 is 6.03 Å². The first kappa shape index (κ1) is 14.0. The zero-order valence-electron chi connectivity index (χ0n) is 11.1. The van der Waals surface area contributed by atoms with E-state index in [9.17, 15) is 4.79 Å². The molecule has 4 N–H and O–H groups in total. The average molecular weight is 270 g/mol. The number of nitrogens with one attached hydrogen (secondary N) is 2. The molecule has 0 heterocycles. The molecule has 0 atom stereocenters. The van der Waals surface area contributed by atoms with Crippen LogP contribution in [0.15, 0.2) is 60.7 Å². The molecule has 0 unspecified atom stereocenters. The molecule has 0 saturated heterocycles. The Morgan fingerprint density at radius 3 is 1.75 bits per heavy atom. The van der Waals surface area contributed by atoms with Crippen molar-refractivity contribution in [2.24, 2.45) is 5.84 Å². The summed E-state index contributed by atoms with van der Waals surface area (Å²) in [5.41, 5.74) is 7.02. The Morgan fingerprint density at radius 2 is 1.35 bits per heavy atom. The van der Waals surface area contributed by atoms with Gasteiger partial charge in [-0.15, -0.1) is 0 Å². The highest BCUT2D eigenvalue weighted by Gasteiger charge is 2.09. The molecule has 0 fully saturated rings. The van der Waals surface area contributed by atoms with E-state index in [2.05, 4.69) is 10.9 Å². The van der Waals surface area contributed by atoms with E-state index in [4.69, 9.17) is 5.84 Å². The van der Waals surface area contributed by atoms with Crippen molar-refractivity contribution in [3.05, 3.63) is 71.8 Å². The van der Waals surface area contributed by atoms with Crippen LogP contribution in [-0.2, 0) is 13.1 Å².